The van der Waals surface area contributed by atoms with Crippen LogP contribution in [0.4, 0.5) is 0 Å². The molecular formula is C21H21N7S. The Labute approximate surface area is 172 Å². The molecule has 146 valence electrons. The first kappa shape index (κ1) is 18.1. The Morgan fingerprint density at radius 1 is 1.21 bits per heavy atom. The summed E-state index contributed by atoms with van der Waals surface area (Å²) in [6.07, 6.45) is 12.4. The summed E-state index contributed by atoms with van der Waals surface area (Å²) in [6.45, 7) is 0. The summed E-state index contributed by atoms with van der Waals surface area (Å²) in [4.78, 5) is 21.7. The molecule has 7 nitrogen and oxygen atoms in total. The van der Waals surface area contributed by atoms with E-state index >= 15 is 0 Å². The summed E-state index contributed by atoms with van der Waals surface area (Å²) in [5.41, 5.74) is 3.70. The number of hydrogen-bond acceptors (Lipinski definition) is 6. The van der Waals surface area contributed by atoms with Crippen LogP contribution in [0.1, 0.15) is 38.1 Å². The molecule has 8 heteroatoms. The van der Waals surface area contributed by atoms with E-state index in [-0.39, 0.29) is 0 Å². The monoisotopic (exact) mass is 403 g/mol. The molecule has 4 aromatic heterocycles. The van der Waals surface area contributed by atoms with Crippen molar-refractivity contribution in [1.82, 2.24) is 29.5 Å². The number of aromatic amines is 1. The Morgan fingerprint density at radius 2 is 2.07 bits per heavy atom. The topological polar surface area (TPSA) is 96.1 Å². The van der Waals surface area contributed by atoms with Gasteiger partial charge in [-0.25, -0.2) is 19.9 Å². The van der Waals surface area contributed by atoms with E-state index in [1.165, 1.54) is 11.8 Å². The van der Waals surface area contributed by atoms with Crippen molar-refractivity contribution < 1.29 is 0 Å². The van der Waals surface area contributed by atoms with E-state index < -0.39 is 0 Å². The second kappa shape index (κ2) is 7.48. The van der Waals surface area contributed by atoms with Crippen LogP contribution in [0.15, 0.2) is 35.9 Å². The van der Waals surface area contributed by atoms with Gasteiger partial charge < -0.3 is 9.55 Å². The standard InChI is InChI=1S/C21H21N7S/c1-29-21-24-11-8-16(27-21)20-26-17-12-25-19-15(7-10-23-19)18(17)28(20)14-4-2-13(3-5-14)6-9-22/h7-8,10-14H,2-6H2,1H3,(H,23,25)/t13-,14-. The van der Waals surface area contributed by atoms with Gasteiger partial charge in [-0.1, -0.05) is 11.8 Å². The van der Waals surface area contributed by atoms with Crippen LogP contribution in [0.25, 0.3) is 33.6 Å². The van der Waals surface area contributed by atoms with Crippen LogP contribution in [0.2, 0.25) is 0 Å². The SMILES string of the molecule is CSc1nccc(-c2nc3cnc4[nH]ccc4c3n2[C@H]2CC[C@H](CC#N)CC2)n1. The summed E-state index contributed by atoms with van der Waals surface area (Å²) >= 11 is 1.53. The van der Waals surface area contributed by atoms with Gasteiger partial charge in [0.2, 0.25) is 0 Å². The number of fused-ring (bicyclic) bond motifs is 3. The number of hydrogen-bond donors (Lipinski definition) is 1. The fourth-order valence-corrected chi connectivity index (χ4v) is 4.78. The van der Waals surface area contributed by atoms with Crippen molar-refractivity contribution in [1.29, 1.82) is 5.26 Å². The van der Waals surface area contributed by atoms with Crippen molar-refractivity contribution in [2.45, 2.75) is 43.3 Å². The molecule has 0 aromatic carbocycles. The molecule has 0 aliphatic heterocycles. The molecular weight excluding hydrogens is 382 g/mol. The summed E-state index contributed by atoms with van der Waals surface area (Å²) in [6, 6.07) is 6.67. The highest BCUT2D eigenvalue weighted by Crippen LogP contribution is 2.39. The number of H-pyrrole nitrogens is 1. The Kier molecular flexibility index (Phi) is 4.68. The summed E-state index contributed by atoms with van der Waals surface area (Å²) in [5.74, 6) is 1.38. The summed E-state index contributed by atoms with van der Waals surface area (Å²) < 4.78 is 2.36. The molecule has 4 aromatic rings. The molecule has 4 heterocycles. The lowest BCUT2D eigenvalue weighted by atomic mass is 9.84. The van der Waals surface area contributed by atoms with Crippen molar-refractivity contribution >= 4 is 33.8 Å². The Hall–Kier alpha value is -2.92. The number of pyridine rings is 1. The Bertz CT molecular complexity index is 1210. The van der Waals surface area contributed by atoms with E-state index in [1.807, 2.05) is 24.7 Å². The normalized spacial score (nSPS) is 19.6. The van der Waals surface area contributed by atoms with Gasteiger partial charge in [0.05, 0.1) is 17.8 Å². The molecule has 0 spiro atoms. The van der Waals surface area contributed by atoms with E-state index in [2.05, 4.69) is 31.7 Å². The molecule has 1 saturated carbocycles. The molecule has 0 radical (unpaired) electrons. The van der Waals surface area contributed by atoms with E-state index in [9.17, 15) is 0 Å². The van der Waals surface area contributed by atoms with Crippen LogP contribution >= 0.6 is 11.8 Å². The number of nitrogens with zero attached hydrogens (tertiary/aromatic N) is 6. The van der Waals surface area contributed by atoms with Gasteiger partial charge in [0, 0.05) is 30.2 Å². The first-order valence-electron chi connectivity index (χ1n) is 9.87. The van der Waals surface area contributed by atoms with Crippen molar-refractivity contribution in [3.63, 3.8) is 0 Å². The second-order valence-corrected chi connectivity index (χ2v) is 8.28. The number of imidazole rings is 1. The minimum atomic E-state index is 0.332. The number of aromatic nitrogens is 6. The van der Waals surface area contributed by atoms with Gasteiger partial charge in [0.1, 0.15) is 16.9 Å². The molecule has 0 bridgehead atoms. The molecule has 1 N–H and O–H groups in total. The van der Waals surface area contributed by atoms with E-state index in [4.69, 9.17) is 15.2 Å². The third kappa shape index (κ3) is 3.15. The zero-order chi connectivity index (χ0) is 19.8. The van der Waals surface area contributed by atoms with E-state index in [1.54, 1.807) is 6.20 Å². The van der Waals surface area contributed by atoms with Gasteiger partial charge in [-0.3, -0.25) is 0 Å². The molecule has 1 aliphatic carbocycles. The quantitative estimate of drug-likeness (QED) is 0.391. The smallest absolute Gasteiger partial charge is 0.187 e. The van der Waals surface area contributed by atoms with Gasteiger partial charge >= 0.3 is 0 Å². The highest BCUT2D eigenvalue weighted by atomic mass is 32.2. The number of thioether (sulfide) groups is 1. The molecule has 0 atom stereocenters. The van der Waals surface area contributed by atoms with Crippen molar-refractivity contribution in [3.05, 3.63) is 30.7 Å². The molecule has 1 fully saturated rings. The predicted molar refractivity (Wildman–Crippen MR) is 113 cm³/mol. The number of rotatable bonds is 4. The average Bonchev–Trinajstić information content (AvgIpc) is 3.39. The number of nitrogens with one attached hydrogen (secondary N) is 1. The van der Waals surface area contributed by atoms with Crippen LogP contribution in [0, 0.1) is 17.2 Å². The zero-order valence-electron chi connectivity index (χ0n) is 16.2. The lowest BCUT2D eigenvalue weighted by Gasteiger charge is -2.29. The molecule has 0 unspecified atom stereocenters. The van der Waals surface area contributed by atoms with Crippen molar-refractivity contribution in [3.8, 4) is 17.6 Å². The largest absolute Gasteiger partial charge is 0.346 e. The molecule has 0 amide bonds. The third-order valence-electron chi connectivity index (χ3n) is 5.84. The van der Waals surface area contributed by atoms with Crippen LogP contribution in [0.5, 0.6) is 0 Å². The maximum absolute atomic E-state index is 9.05. The highest BCUT2D eigenvalue weighted by Gasteiger charge is 2.27. The van der Waals surface area contributed by atoms with Gasteiger partial charge in [0.25, 0.3) is 0 Å². The maximum Gasteiger partial charge on any atom is 0.187 e. The van der Waals surface area contributed by atoms with Gasteiger partial charge in [-0.2, -0.15) is 5.26 Å². The summed E-state index contributed by atoms with van der Waals surface area (Å²) in [5, 5.41) is 10.9. The van der Waals surface area contributed by atoms with Crippen LogP contribution in [-0.2, 0) is 0 Å². The Morgan fingerprint density at radius 3 is 2.86 bits per heavy atom. The second-order valence-electron chi connectivity index (χ2n) is 7.50. The maximum atomic E-state index is 9.05. The van der Waals surface area contributed by atoms with Crippen LogP contribution in [0.3, 0.4) is 0 Å². The lowest BCUT2D eigenvalue weighted by Crippen LogP contribution is -2.19. The highest BCUT2D eigenvalue weighted by molar-refractivity contribution is 7.98. The van der Waals surface area contributed by atoms with Gasteiger partial charge in [-0.05, 0) is 50.0 Å². The lowest BCUT2D eigenvalue weighted by molar-refractivity contribution is 0.283. The first-order chi connectivity index (χ1) is 14.3. The summed E-state index contributed by atoms with van der Waals surface area (Å²) in [7, 11) is 0. The minimum Gasteiger partial charge on any atom is -0.346 e. The van der Waals surface area contributed by atoms with Gasteiger partial charge in [-0.15, -0.1) is 0 Å². The van der Waals surface area contributed by atoms with Crippen molar-refractivity contribution in [2.75, 3.05) is 6.26 Å². The molecule has 1 aliphatic rings. The third-order valence-corrected chi connectivity index (χ3v) is 6.40. The molecule has 0 saturated heterocycles. The zero-order valence-corrected chi connectivity index (χ0v) is 17.0. The fraction of sp³-hybridized carbons (Fsp3) is 0.381. The number of nitriles is 1. The van der Waals surface area contributed by atoms with Crippen molar-refractivity contribution in [2.24, 2.45) is 5.92 Å². The average molecular weight is 404 g/mol. The van der Waals surface area contributed by atoms with Crippen LogP contribution < -0.4 is 0 Å². The first-order valence-corrected chi connectivity index (χ1v) is 11.1. The molecule has 5 rings (SSSR count). The van der Waals surface area contributed by atoms with Crippen LogP contribution in [-0.4, -0.2) is 35.7 Å². The predicted octanol–water partition coefficient (Wildman–Crippen LogP) is 4.74. The Balaban J connectivity index is 1.68. The fourth-order valence-electron chi connectivity index (χ4n) is 4.43. The van der Waals surface area contributed by atoms with E-state index in [0.717, 1.165) is 64.4 Å². The van der Waals surface area contributed by atoms with Gasteiger partial charge in [0.15, 0.2) is 11.0 Å². The van der Waals surface area contributed by atoms with E-state index in [0.29, 0.717) is 18.4 Å². The minimum absolute atomic E-state index is 0.332. The molecule has 29 heavy (non-hydrogen) atoms.